The van der Waals surface area contributed by atoms with Gasteiger partial charge in [0.15, 0.2) is 17.9 Å². The maximum atomic E-state index is 14.1. The van der Waals surface area contributed by atoms with E-state index in [1.807, 2.05) is 0 Å². The highest BCUT2D eigenvalue weighted by molar-refractivity contribution is 7.52. The van der Waals surface area contributed by atoms with Crippen molar-refractivity contribution in [1.82, 2.24) is 26.2 Å². The lowest BCUT2D eigenvalue weighted by molar-refractivity contribution is -0.249. The van der Waals surface area contributed by atoms with Crippen molar-refractivity contribution in [3.63, 3.8) is 0 Å². The van der Waals surface area contributed by atoms with Crippen LogP contribution in [-0.2, 0) is 49.2 Å². The molecule has 6 rings (SSSR count). The SMILES string of the molecule is COc1cccc2c1C(=O)c1c(O)c3c(c(O)c1C2=O)C[C@@](O)(C(=O)CO)C[C@@H]3O[C@H]1C[C@H](NC(=O)[C@@H]2CCCN2C(=O)CNC(=O)[C@H](CC(C)C)NC(=O)[C@H](C)NC(=O)CP(=O)(O)O)[C@H](O)[C@H](C)O1. The number of carbonyl (C=O) groups excluding carboxylic acids is 8. The number of benzene rings is 2. The molecule has 0 saturated carbocycles. The van der Waals surface area contributed by atoms with Crippen molar-refractivity contribution in [2.75, 3.05) is 33.0 Å². The summed E-state index contributed by atoms with van der Waals surface area (Å²) in [7, 11) is -3.43. The second-order valence-corrected chi connectivity index (χ2v) is 20.0. The van der Waals surface area contributed by atoms with Gasteiger partial charge < -0.3 is 75.7 Å². The number of aliphatic hydroxyl groups is 3. The fourth-order valence-corrected chi connectivity index (χ4v) is 9.87. The second kappa shape index (κ2) is 21.2. The molecular weight excluding hydrogens is 945 g/mol. The number of phenols is 2. The molecule has 2 heterocycles. The van der Waals surface area contributed by atoms with Gasteiger partial charge in [0.1, 0.15) is 59.8 Å². The van der Waals surface area contributed by atoms with E-state index in [-0.39, 0.29) is 59.7 Å². The predicted molar refractivity (Wildman–Crippen MR) is 239 cm³/mol. The minimum absolute atomic E-state index is 0.0128. The Balaban J connectivity index is 1.16. The molecule has 2 aromatic rings. The number of aromatic hydroxyl groups is 2. The molecule has 0 bridgehead atoms. The zero-order chi connectivity index (χ0) is 51.7. The quantitative estimate of drug-likeness (QED) is 0.0540. The maximum absolute atomic E-state index is 14.1. The molecular formula is C45H58N5O19P. The third-order valence-electron chi connectivity index (χ3n) is 12.8. The van der Waals surface area contributed by atoms with Gasteiger partial charge in [0.2, 0.25) is 35.3 Å². The van der Waals surface area contributed by atoms with Gasteiger partial charge in [-0.15, -0.1) is 0 Å². The lowest BCUT2D eigenvalue weighted by Crippen LogP contribution is -2.59. The molecule has 0 unspecified atom stereocenters. The zero-order valence-electron chi connectivity index (χ0n) is 38.9. The Morgan fingerprint density at radius 3 is 2.31 bits per heavy atom. The molecule has 2 fully saturated rings. The molecule has 4 aliphatic rings. The molecule has 24 nitrogen and oxygen atoms in total. The summed E-state index contributed by atoms with van der Waals surface area (Å²) in [5.74, 6) is -8.60. The summed E-state index contributed by atoms with van der Waals surface area (Å²) >= 11 is 0. The molecule has 0 radical (unpaired) electrons. The molecule has 5 amide bonds. The Bertz CT molecular complexity index is 2510. The largest absolute Gasteiger partial charge is 0.507 e. The average Bonchev–Trinajstić information content (AvgIpc) is 3.79. The van der Waals surface area contributed by atoms with E-state index in [0.717, 1.165) is 0 Å². The first-order chi connectivity index (χ1) is 32.8. The smallest absolute Gasteiger partial charge is 0.334 e. The molecule has 0 aromatic heterocycles. The summed E-state index contributed by atoms with van der Waals surface area (Å²) in [6.07, 6.45) is -7.52. The van der Waals surface area contributed by atoms with Crippen molar-refractivity contribution in [3.8, 4) is 17.2 Å². The van der Waals surface area contributed by atoms with Crippen molar-refractivity contribution in [1.29, 1.82) is 0 Å². The number of carbonyl (C=O) groups is 8. The van der Waals surface area contributed by atoms with Crippen molar-refractivity contribution < 1.29 is 92.5 Å². The highest BCUT2D eigenvalue weighted by Gasteiger charge is 2.51. The lowest BCUT2D eigenvalue weighted by atomic mass is 9.72. The Morgan fingerprint density at radius 2 is 1.67 bits per heavy atom. The number of hydrogen-bond acceptors (Lipinski definition) is 17. The Hall–Kier alpha value is -5.85. The van der Waals surface area contributed by atoms with E-state index in [4.69, 9.17) is 24.0 Å². The Labute approximate surface area is 400 Å². The number of likely N-dealkylation sites (tertiary alicyclic amines) is 1. The summed E-state index contributed by atoms with van der Waals surface area (Å²) in [5.41, 5.74) is -4.51. The fourth-order valence-electron chi connectivity index (χ4n) is 9.40. The first-order valence-electron chi connectivity index (χ1n) is 22.5. The number of amides is 5. The van der Waals surface area contributed by atoms with Gasteiger partial charge in [-0.05, 0) is 45.1 Å². The number of Topliss-reactive ketones (excluding diaryl/α,β-unsaturated/α-hetero) is 1. The summed E-state index contributed by atoms with van der Waals surface area (Å²) in [5, 5.41) is 66.1. The van der Waals surface area contributed by atoms with Gasteiger partial charge in [-0.25, -0.2) is 0 Å². The number of nitrogens with zero attached hydrogens (tertiary/aromatic N) is 1. The van der Waals surface area contributed by atoms with Crippen molar-refractivity contribution >= 4 is 54.5 Å². The van der Waals surface area contributed by atoms with Crippen molar-refractivity contribution in [2.24, 2.45) is 5.92 Å². The zero-order valence-corrected chi connectivity index (χ0v) is 39.8. The Kier molecular flexibility index (Phi) is 16.2. The Morgan fingerprint density at radius 1 is 0.986 bits per heavy atom. The summed E-state index contributed by atoms with van der Waals surface area (Å²) in [4.78, 5) is 126. The van der Waals surface area contributed by atoms with Gasteiger partial charge in [0.05, 0.1) is 48.6 Å². The number of ketones is 3. The molecule has 2 saturated heterocycles. The molecule has 0 spiro atoms. The molecule has 11 N–H and O–H groups in total. The first kappa shape index (κ1) is 53.5. The van der Waals surface area contributed by atoms with Crippen LogP contribution in [0.15, 0.2) is 18.2 Å². The minimum Gasteiger partial charge on any atom is -0.507 e. The van der Waals surface area contributed by atoms with Gasteiger partial charge >= 0.3 is 7.60 Å². The van der Waals surface area contributed by atoms with Crippen LogP contribution in [-0.4, -0.2) is 168 Å². The van der Waals surface area contributed by atoms with E-state index in [1.54, 1.807) is 13.8 Å². The highest BCUT2D eigenvalue weighted by Crippen LogP contribution is 2.52. The standard InChI is InChI=1S/C45H58N5O19P/c1-19(2)12-25(49-42(60)20(3)47-30(53)18-70(64,65)66)43(61)46-16-31(54)50-11-7-9-26(50)44(62)48-24-13-32(68-21(4)37(24)55)69-28-15-45(63,29(52)17-51)14-23-34(28)41(59)36-35(39(23)57)38(56)22-8-6-10-27(67-5)33(22)40(36)58/h6,8,10,19-21,24-26,28,32,37,51,55,57,59,63H,7,9,11-18H2,1-5H3,(H,46,61)(H,47,53)(H,48,62)(H,49,60)(H2,64,65,66)/t20-,21-,24-,25-,26-,28-,32-,37+,45-/m0/s1. The highest BCUT2D eigenvalue weighted by atomic mass is 31.2. The second-order valence-electron chi connectivity index (χ2n) is 18.4. The lowest BCUT2D eigenvalue weighted by Gasteiger charge is -2.43. The summed E-state index contributed by atoms with van der Waals surface area (Å²) in [6.45, 7) is 4.63. The number of ether oxygens (including phenoxy) is 3. The number of methoxy groups -OCH3 is 1. The number of fused-ring (bicyclic) bond motifs is 3. The first-order valence-corrected chi connectivity index (χ1v) is 24.3. The van der Waals surface area contributed by atoms with Gasteiger partial charge in [-0.3, -0.25) is 42.9 Å². The van der Waals surface area contributed by atoms with Gasteiger partial charge in [-0.2, -0.15) is 0 Å². The van der Waals surface area contributed by atoms with Crippen LogP contribution in [0.4, 0.5) is 0 Å². The van der Waals surface area contributed by atoms with Crippen LogP contribution < -0.4 is 26.0 Å². The van der Waals surface area contributed by atoms with Gasteiger partial charge in [-0.1, -0.05) is 26.0 Å². The number of hydrogen-bond donors (Lipinski definition) is 11. The van der Waals surface area contributed by atoms with Gasteiger partial charge in [0.25, 0.3) is 0 Å². The molecule has 382 valence electrons. The van der Waals surface area contributed by atoms with Crippen LogP contribution in [0, 0.1) is 5.92 Å². The van der Waals surface area contributed by atoms with Crippen LogP contribution >= 0.6 is 7.60 Å². The number of aliphatic hydroxyl groups excluding tert-OH is 2. The summed E-state index contributed by atoms with van der Waals surface area (Å²) < 4.78 is 28.7. The van der Waals surface area contributed by atoms with E-state index in [1.165, 1.54) is 44.1 Å². The van der Waals surface area contributed by atoms with Crippen LogP contribution in [0.5, 0.6) is 17.2 Å². The summed E-state index contributed by atoms with van der Waals surface area (Å²) in [6, 6.07) is -0.460. The topological polar surface area (TPSA) is 374 Å². The molecule has 2 aromatic carbocycles. The normalized spacial score (nSPS) is 24.9. The molecule has 2 aliphatic heterocycles. The monoisotopic (exact) mass is 1000 g/mol. The number of rotatable bonds is 17. The van der Waals surface area contributed by atoms with E-state index in [9.17, 15) is 68.5 Å². The third kappa shape index (κ3) is 11.2. The van der Waals surface area contributed by atoms with Crippen LogP contribution in [0.3, 0.4) is 0 Å². The van der Waals surface area contributed by atoms with Crippen LogP contribution in [0.2, 0.25) is 0 Å². The van der Waals surface area contributed by atoms with Crippen LogP contribution in [0.1, 0.15) is 109 Å². The van der Waals surface area contributed by atoms with Crippen molar-refractivity contribution in [2.45, 2.75) is 121 Å². The van der Waals surface area contributed by atoms with E-state index >= 15 is 0 Å². The maximum Gasteiger partial charge on any atom is 0.334 e. The third-order valence-corrected chi connectivity index (χ3v) is 13.5. The van der Waals surface area contributed by atoms with E-state index < -0.39 is 164 Å². The molecule has 25 heteroatoms. The van der Waals surface area contributed by atoms with Crippen LogP contribution in [0.25, 0.3) is 0 Å². The molecule has 9 atom stereocenters. The molecule has 2 aliphatic carbocycles. The fraction of sp³-hybridized carbons (Fsp3) is 0.556. The van der Waals surface area contributed by atoms with E-state index in [2.05, 4.69) is 21.3 Å². The molecule has 70 heavy (non-hydrogen) atoms. The average molecular weight is 1000 g/mol. The predicted octanol–water partition coefficient (Wildman–Crippen LogP) is -1.52. The number of nitrogens with one attached hydrogen (secondary N) is 4. The number of phenolic OH excluding ortho intramolecular Hbond substituents is 2. The minimum atomic E-state index is -4.71. The van der Waals surface area contributed by atoms with Crippen molar-refractivity contribution in [3.05, 3.63) is 51.6 Å². The van der Waals surface area contributed by atoms with E-state index in [0.29, 0.717) is 6.42 Å². The van der Waals surface area contributed by atoms with Gasteiger partial charge in [0, 0.05) is 42.5 Å².